The second kappa shape index (κ2) is 4.93. The Morgan fingerprint density at radius 3 is 2.80 bits per heavy atom. The lowest BCUT2D eigenvalue weighted by molar-refractivity contribution is -0.384. The van der Waals surface area contributed by atoms with Gasteiger partial charge in [-0.1, -0.05) is 25.4 Å². The van der Waals surface area contributed by atoms with Crippen LogP contribution in [-0.4, -0.2) is 16.5 Å². The molecule has 1 aromatic rings. The molecule has 6 heteroatoms. The lowest BCUT2D eigenvalue weighted by atomic mass is 10.2. The zero-order chi connectivity index (χ0) is 11.4. The zero-order valence-corrected chi connectivity index (χ0v) is 9.28. The van der Waals surface area contributed by atoms with Gasteiger partial charge in [-0.15, -0.1) is 0 Å². The van der Waals surface area contributed by atoms with Crippen LogP contribution in [0.5, 0.6) is 0 Å². The molecule has 1 heterocycles. The van der Waals surface area contributed by atoms with E-state index in [2.05, 4.69) is 10.3 Å². The molecule has 82 valence electrons. The number of pyridine rings is 1. The van der Waals surface area contributed by atoms with Crippen molar-refractivity contribution in [1.29, 1.82) is 0 Å². The molecule has 0 aromatic carbocycles. The number of halogens is 1. The average Bonchev–Trinajstić information content (AvgIpc) is 2.13. The maximum atomic E-state index is 10.5. The Morgan fingerprint density at radius 1 is 1.60 bits per heavy atom. The fraction of sp³-hybridized carbons (Fsp3) is 0.444. The molecular weight excluding hydrogens is 218 g/mol. The van der Waals surface area contributed by atoms with Crippen molar-refractivity contribution in [2.24, 2.45) is 5.92 Å². The summed E-state index contributed by atoms with van der Waals surface area (Å²) in [6.45, 7) is 4.77. The highest BCUT2D eigenvalue weighted by atomic mass is 35.5. The minimum absolute atomic E-state index is 0.0544. The third-order valence-electron chi connectivity index (χ3n) is 1.68. The Labute approximate surface area is 92.6 Å². The van der Waals surface area contributed by atoms with Crippen LogP contribution < -0.4 is 5.32 Å². The molecule has 0 spiro atoms. The molecule has 0 saturated heterocycles. The summed E-state index contributed by atoms with van der Waals surface area (Å²) in [6.07, 6.45) is 0. The summed E-state index contributed by atoms with van der Waals surface area (Å²) < 4.78 is 0. The topological polar surface area (TPSA) is 68.1 Å². The number of hydrogen-bond donors (Lipinski definition) is 1. The molecule has 0 radical (unpaired) electrons. The fourth-order valence-electron chi connectivity index (χ4n) is 0.988. The normalized spacial score (nSPS) is 10.4. The van der Waals surface area contributed by atoms with E-state index in [9.17, 15) is 10.1 Å². The minimum Gasteiger partial charge on any atom is -0.370 e. The quantitative estimate of drug-likeness (QED) is 0.490. The minimum atomic E-state index is -0.492. The molecule has 0 bridgehead atoms. The number of aromatic nitrogens is 1. The van der Waals surface area contributed by atoms with Crippen molar-refractivity contribution in [3.8, 4) is 0 Å². The molecule has 0 saturated carbocycles. The first-order valence-electron chi connectivity index (χ1n) is 4.55. The van der Waals surface area contributed by atoms with Crippen LogP contribution in [0.15, 0.2) is 12.1 Å². The number of rotatable bonds is 4. The van der Waals surface area contributed by atoms with Crippen molar-refractivity contribution >= 4 is 23.1 Å². The van der Waals surface area contributed by atoms with Crippen LogP contribution in [0.3, 0.4) is 0 Å². The third-order valence-corrected chi connectivity index (χ3v) is 1.87. The highest BCUT2D eigenvalue weighted by Crippen LogP contribution is 2.20. The molecule has 0 aliphatic heterocycles. The number of nitro groups is 1. The lowest BCUT2D eigenvalue weighted by Gasteiger charge is -2.07. The second-order valence-corrected chi connectivity index (χ2v) is 3.95. The van der Waals surface area contributed by atoms with E-state index < -0.39 is 4.92 Å². The Kier molecular flexibility index (Phi) is 3.85. The van der Waals surface area contributed by atoms with Gasteiger partial charge < -0.3 is 5.32 Å². The maximum Gasteiger partial charge on any atom is 0.276 e. The average molecular weight is 230 g/mol. The summed E-state index contributed by atoms with van der Waals surface area (Å²) in [5.41, 5.74) is -0.0544. The van der Waals surface area contributed by atoms with E-state index in [1.165, 1.54) is 12.1 Å². The van der Waals surface area contributed by atoms with Gasteiger partial charge in [-0.3, -0.25) is 10.1 Å². The van der Waals surface area contributed by atoms with Crippen molar-refractivity contribution < 1.29 is 4.92 Å². The van der Waals surface area contributed by atoms with Gasteiger partial charge in [-0.05, 0) is 5.92 Å². The summed E-state index contributed by atoms with van der Waals surface area (Å²) in [7, 11) is 0. The van der Waals surface area contributed by atoms with Gasteiger partial charge in [-0.25, -0.2) is 4.98 Å². The fourth-order valence-corrected chi connectivity index (χ4v) is 1.19. The first kappa shape index (κ1) is 11.7. The highest BCUT2D eigenvalue weighted by molar-refractivity contribution is 6.29. The highest BCUT2D eigenvalue weighted by Gasteiger charge is 2.09. The van der Waals surface area contributed by atoms with E-state index in [0.717, 1.165) is 0 Å². The lowest BCUT2D eigenvalue weighted by Crippen LogP contribution is -2.09. The number of nitrogens with zero attached hydrogens (tertiary/aromatic N) is 2. The van der Waals surface area contributed by atoms with Gasteiger partial charge in [0.1, 0.15) is 11.0 Å². The molecule has 5 nitrogen and oxygen atoms in total. The van der Waals surface area contributed by atoms with Gasteiger partial charge in [0.05, 0.1) is 17.1 Å². The Morgan fingerprint density at radius 2 is 2.27 bits per heavy atom. The molecule has 0 unspecified atom stereocenters. The molecule has 1 rings (SSSR count). The summed E-state index contributed by atoms with van der Waals surface area (Å²) >= 11 is 5.65. The molecule has 15 heavy (non-hydrogen) atoms. The van der Waals surface area contributed by atoms with Crippen LogP contribution in [0.25, 0.3) is 0 Å². The summed E-state index contributed by atoms with van der Waals surface area (Å²) in [6, 6.07) is 2.59. The molecule has 0 aliphatic carbocycles. The molecule has 1 aromatic heterocycles. The monoisotopic (exact) mass is 229 g/mol. The first-order valence-corrected chi connectivity index (χ1v) is 4.92. The zero-order valence-electron chi connectivity index (χ0n) is 8.53. The molecule has 0 aliphatic rings. The van der Waals surface area contributed by atoms with Gasteiger partial charge in [0.25, 0.3) is 5.69 Å². The second-order valence-electron chi connectivity index (χ2n) is 3.57. The largest absolute Gasteiger partial charge is 0.370 e. The van der Waals surface area contributed by atoms with E-state index in [1.54, 1.807) is 0 Å². The van der Waals surface area contributed by atoms with Gasteiger partial charge in [0.2, 0.25) is 0 Å². The van der Waals surface area contributed by atoms with Crippen molar-refractivity contribution in [3.63, 3.8) is 0 Å². The van der Waals surface area contributed by atoms with E-state index in [-0.39, 0.29) is 10.8 Å². The number of hydrogen-bond acceptors (Lipinski definition) is 4. The smallest absolute Gasteiger partial charge is 0.276 e. The summed E-state index contributed by atoms with van der Waals surface area (Å²) in [5, 5.41) is 13.6. The molecule has 0 fully saturated rings. The van der Waals surface area contributed by atoms with Crippen LogP contribution in [0.4, 0.5) is 11.5 Å². The first-order chi connectivity index (χ1) is 6.99. The van der Waals surface area contributed by atoms with Crippen molar-refractivity contribution in [1.82, 2.24) is 4.98 Å². The summed E-state index contributed by atoms with van der Waals surface area (Å²) in [4.78, 5) is 14.0. The van der Waals surface area contributed by atoms with Crippen LogP contribution in [0, 0.1) is 16.0 Å². The Bertz CT molecular complexity index is 368. The number of nitrogens with one attached hydrogen (secondary N) is 1. The Hall–Kier alpha value is -1.36. The van der Waals surface area contributed by atoms with Gasteiger partial charge in [0, 0.05) is 6.54 Å². The van der Waals surface area contributed by atoms with Crippen LogP contribution in [0.2, 0.25) is 5.15 Å². The van der Waals surface area contributed by atoms with Crippen molar-refractivity contribution in [2.75, 3.05) is 11.9 Å². The van der Waals surface area contributed by atoms with E-state index >= 15 is 0 Å². The van der Waals surface area contributed by atoms with Gasteiger partial charge in [-0.2, -0.15) is 0 Å². The third kappa shape index (κ3) is 3.71. The van der Waals surface area contributed by atoms with Gasteiger partial charge >= 0.3 is 0 Å². The maximum absolute atomic E-state index is 10.5. The molecule has 0 atom stereocenters. The number of anilines is 1. The molecule has 1 N–H and O–H groups in total. The van der Waals surface area contributed by atoms with E-state index in [0.29, 0.717) is 18.3 Å². The van der Waals surface area contributed by atoms with E-state index in [1.807, 2.05) is 13.8 Å². The summed E-state index contributed by atoms with van der Waals surface area (Å²) in [5.74, 6) is 0.868. The standard InChI is InChI=1S/C9H12ClN3O2/c1-6(2)5-11-9-4-7(13(14)15)3-8(10)12-9/h3-4,6H,5H2,1-2H3,(H,11,12). The van der Waals surface area contributed by atoms with Crippen LogP contribution in [-0.2, 0) is 0 Å². The predicted molar refractivity (Wildman–Crippen MR) is 59.2 cm³/mol. The van der Waals surface area contributed by atoms with Crippen LogP contribution in [0.1, 0.15) is 13.8 Å². The van der Waals surface area contributed by atoms with E-state index in [4.69, 9.17) is 11.6 Å². The van der Waals surface area contributed by atoms with Crippen molar-refractivity contribution in [3.05, 3.63) is 27.4 Å². The molecule has 0 amide bonds. The van der Waals surface area contributed by atoms with Crippen molar-refractivity contribution in [2.45, 2.75) is 13.8 Å². The SMILES string of the molecule is CC(C)CNc1cc([N+](=O)[O-])cc(Cl)n1. The predicted octanol–water partition coefficient (Wildman–Crippen LogP) is 2.71. The molecular formula is C9H12ClN3O2. The van der Waals surface area contributed by atoms with Crippen LogP contribution >= 0.6 is 11.6 Å². The Balaban J connectivity index is 2.84. The van der Waals surface area contributed by atoms with Gasteiger partial charge in [0.15, 0.2) is 0 Å².